The van der Waals surface area contributed by atoms with E-state index in [1.54, 1.807) is 0 Å². The highest BCUT2D eigenvalue weighted by Gasteiger charge is 2.37. The Bertz CT molecular complexity index is 685. The molecule has 2 unspecified atom stereocenters. The molecule has 0 spiro atoms. The summed E-state index contributed by atoms with van der Waals surface area (Å²) < 4.78 is 6.01. The van der Waals surface area contributed by atoms with Gasteiger partial charge >= 0.3 is 0 Å². The highest BCUT2D eigenvalue weighted by atomic mass is 16.5. The molecule has 3 nitrogen and oxygen atoms in total. The molecular formula is C20H24N2O. The Kier molecular flexibility index (Phi) is 3.74. The van der Waals surface area contributed by atoms with Gasteiger partial charge in [0.2, 0.25) is 0 Å². The van der Waals surface area contributed by atoms with Gasteiger partial charge in [0.25, 0.3) is 0 Å². The summed E-state index contributed by atoms with van der Waals surface area (Å²) in [5.41, 5.74) is 2.84. The van der Waals surface area contributed by atoms with Gasteiger partial charge in [-0.15, -0.1) is 0 Å². The van der Waals surface area contributed by atoms with Crippen LogP contribution < -0.4 is 9.64 Å². The fourth-order valence-electron chi connectivity index (χ4n) is 4.05. The molecule has 2 heterocycles. The first-order chi connectivity index (χ1) is 11.2. The molecule has 23 heavy (non-hydrogen) atoms. The van der Waals surface area contributed by atoms with Gasteiger partial charge in [0, 0.05) is 30.8 Å². The van der Waals surface area contributed by atoms with Gasteiger partial charge in [0.15, 0.2) is 0 Å². The van der Waals surface area contributed by atoms with Crippen LogP contribution in [0.4, 0.5) is 5.69 Å². The summed E-state index contributed by atoms with van der Waals surface area (Å²) in [6.45, 7) is 2.38. The third-order valence-electron chi connectivity index (χ3n) is 5.35. The molecule has 0 radical (unpaired) electrons. The van der Waals surface area contributed by atoms with Gasteiger partial charge in [-0.2, -0.15) is 0 Å². The zero-order chi connectivity index (χ0) is 15.8. The van der Waals surface area contributed by atoms with Crippen LogP contribution in [0.3, 0.4) is 0 Å². The fraction of sp³-hybridized carbons (Fsp3) is 0.400. The number of anilines is 1. The predicted molar refractivity (Wildman–Crippen MR) is 94.6 cm³/mol. The van der Waals surface area contributed by atoms with Gasteiger partial charge in [-0.05, 0) is 56.7 Å². The SMILES string of the molecule is CN1CCC2c3ccc(Oc4ccccc4)cc3N(C)C2CC1. The molecule has 0 N–H and O–H groups in total. The third-order valence-corrected chi connectivity index (χ3v) is 5.35. The van der Waals surface area contributed by atoms with E-state index in [9.17, 15) is 0 Å². The Labute approximate surface area is 138 Å². The lowest BCUT2D eigenvalue weighted by Crippen LogP contribution is -2.31. The average molecular weight is 308 g/mol. The van der Waals surface area contributed by atoms with Crippen molar-refractivity contribution in [2.75, 3.05) is 32.1 Å². The molecule has 2 aliphatic rings. The lowest BCUT2D eigenvalue weighted by Gasteiger charge is -2.25. The Morgan fingerprint density at radius 2 is 1.70 bits per heavy atom. The van der Waals surface area contributed by atoms with Gasteiger partial charge in [0.1, 0.15) is 11.5 Å². The number of benzene rings is 2. The number of nitrogens with zero attached hydrogens (tertiary/aromatic N) is 2. The summed E-state index contributed by atoms with van der Waals surface area (Å²) in [6, 6.07) is 17.2. The summed E-state index contributed by atoms with van der Waals surface area (Å²) in [4.78, 5) is 4.93. The number of fused-ring (bicyclic) bond motifs is 3. The quantitative estimate of drug-likeness (QED) is 0.830. The molecule has 1 saturated heterocycles. The van der Waals surface area contributed by atoms with Crippen LogP contribution in [0.15, 0.2) is 48.5 Å². The van der Waals surface area contributed by atoms with Crippen LogP contribution >= 0.6 is 0 Å². The molecule has 2 atom stereocenters. The summed E-state index contributed by atoms with van der Waals surface area (Å²) in [5.74, 6) is 2.48. The molecule has 1 fully saturated rings. The van der Waals surface area contributed by atoms with E-state index in [0.29, 0.717) is 12.0 Å². The van der Waals surface area contributed by atoms with Crippen molar-refractivity contribution in [3.63, 3.8) is 0 Å². The number of likely N-dealkylation sites (tertiary alicyclic amines) is 1. The maximum atomic E-state index is 6.01. The topological polar surface area (TPSA) is 15.7 Å². The normalized spacial score (nSPS) is 24.0. The molecule has 120 valence electrons. The van der Waals surface area contributed by atoms with Crippen molar-refractivity contribution in [1.82, 2.24) is 4.90 Å². The van der Waals surface area contributed by atoms with E-state index in [4.69, 9.17) is 4.74 Å². The first kappa shape index (κ1) is 14.6. The number of hydrogen-bond acceptors (Lipinski definition) is 3. The molecule has 0 amide bonds. The largest absolute Gasteiger partial charge is 0.457 e. The zero-order valence-corrected chi connectivity index (χ0v) is 13.9. The predicted octanol–water partition coefficient (Wildman–Crippen LogP) is 4.11. The molecule has 2 aromatic rings. The van der Waals surface area contributed by atoms with Crippen molar-refractivity contribution in [3.05, 3.63) is 54.1 Å². The van der Waals surface area contributed by atoms with Crippen LogP contribution in [-0.4, -0.2) is 38.1 Å². The smallest absolute Gasteiger partial charge is 0.129 e. The van der Waals surface area contributed by atoms with Crippen LogP contribution in [0.1, 0.15) is 24.3 Å². The maximum Gasteiger partial charge on any atom is 0.129 e. The summed E-state index contributed by atoms with van der Waals surface area (Å²) >= 11 is 0. The van der Waals surface area contributed by atoms with E-state index in [2.05, 4.69) is 42.1 Å². The van der Waals surface area contributed by atoms with E-state index in [1.807, 2.05) is 30.3 Å². The average Bonchev–Trinajstić information content (AvgIpc) is 2.70. The zero-order valence-electron chi connectivity index (χ0n) is 13.9. The summed E-state index contributed by atoms with van der Waals surface area (Å²) in [7, 11) is 4.47. The number of likely N-dealkylation sites (N-methyl/N-ethyl adjacent to an activating group) is 1. The van der Waals surface area contributed by atoms with E-state index < -0.39 is 0 Å². The number of ether oxygens (including phenoxy) is 1. The first-order valence-corrected chi connectivity index (χ1v) is 8.50. The lowest BCUT2D eigenvalue weighted by atomic mass is 9.91. The minimum atomic E-state index is 0.627. The second-order valence-electron chi connectivity index (χ2n) is 6.80. The first-order valence-electron chi connectivity index (χ1n) is 8.50. The van der Waals surface area contributed by atoms with Crippen LogP contribution in [0.5, 0.6) is 11.5 Å². The van der Waals surface area contributed by atoms with Gasteiger partial charge in [0.05, 0.1) is 0 Å². The lowest BCUT2D eigenvalue weighted by molar-refractivity contribution is 0.345. The summed E-state index contributed by atoms with van der Waals surface area (Å²) in [5, 5.41) is 0. The fourth-order valence-corrected chi connectivity index (χ4v) is 4.05. The third kappa shape index (κ3) is 2.70. The minimum absolute atomic E-state index is 0.627. The highest BCUT2D eigenvalue weighted by molar-refractivity contribution is 5.64. The summed E-state index contributed by atoms with van der Waals surface area (Å²) in [6.07, 6.45) is 2.48. The van der Waals surface area contributed by atoms with Crippen molar-refractivity contribution in [2.24, 2.45) is 0 Å². The standard InChI is InChI=1S/C20H24N2O/c1-21-12-10-18-17-9-8-16(23-15-6-4-3-5-7-15)14-20(17)22(2)19(18)11-13-21/h3-9,14,18-19H,10-13H2,1-2H3. The number of hydrogen-bond donors (Lipinski definition) is 0. The molecule has 4 rings (SSSR count). The molecule has 2 aromatic carbocycles. The van der Waals surface area contributed by atoms with E-state index in [1.165, 1.54) is 37.2 Å². The van der Waals surface area contributed by atoms with Gasteiger partial charge in [-0.1, -0.05) is 24.3 Å². The highest BCUT2D eigenvalue weighted by Crippen LogP contribution is 2.46. The van der Waals surface area contributed by atoms with E-state index in [-0.39, 0.29) is 0 Å². The molecule has 0 bridgehead atoms. The second-order valence-corrected chi connectivity index (χ2v) is 6.80. The minimum Gasteiger partial charge on any atom is -0.457 e. The molecular weight excluding hydrogens is 284 g/mol. The van der Waals surface area contributed by atoms with E-state index in [0.717, 1.165) is 11.5 Å². The Hall–Kier alpha value is -2.00. The van der Waals surface area contributed by atoms with Crippen molar-refractivity contribution in [1.29, 1.82) is 0 Å². The van der Waals surface area contributed by atoms with Crippen molar-refractivity contribution >= 4 is 5.69 Å². The molecule has 0 aliphatic carbocycles. The molecule has 0 saturated carbocycles. The van der Waals surface area contributed by atoms with Gasteiger partial charge in [-0.25, -0.2) is 0 Å². The Balaban J connectivity index is 1.62. The van der Waals surface area contributed by atoms with Gasteiger partial charge < -0.3 is 14.5 Å². The molecule has 2 aliphatic heterocycles. The van der Waals surface area contributed by atoms with Gasteiger partial charge in [-0.3, -0.25) is 0 Å². The Morgan fingerprint density at radius 3 is 2.52 bits per heavy atom. The van der Waals surface area contributed by atoms with E-state index >= 15 is 0 Å². The second kappa shape index (κ2) is 5.89. The number of para-hydroxylation sites is 1. The van der Waals surface area contributed by atoms with Crippen LogP contribution in [0.25, 0.3) is 0 Å². The maximum absolute atomic E-state index is 6.01. The monoisotopic (exact) mass is 308 g/mol. The van der Waals surface area contributed by atoms with Crippen molar-refractivity contribution in [2.45, 2.75) is 24.8 Å². The van der Waals surface area contributed by atoms with Crippen LogP contribution in [0.2, 0.25) is 0 Å². The Morgan fingerprint density at radius 1 is 0.913 bits per heavy atom. The van der Waals surface area contributed by atoms with Crippen LogP contribution in [0, 0.1) is 0 Å². The molecule has 3 heteroatoms. The van der Waals surface area contributed by atoms with Crippen molar-refractivity contribution < 1.29 is 4.74 Å². The van der Waals surface area contributed by atoms with Crippen LogP contribution in [-0.2, 0) is 0 Å². The molecule has 0 aromatic heterocycles. The van der Waals surface area contributed by atoms with Crippen molar-refractivity contribution in [3.8, 4) is 11.5 Å². The number of rotatable bonds is 2.